The number of rotatable bonds is 20. The SMILES string of the molecule is COc1cc(C2Oc3cc([C@H]4Oc5cc(OC(C)=O)cc(OC(C)=O)c5C(=O)[C@@H]4OC(C)=O)ccc3OC2COP(=O)(OCCC#N)OC[C@H]2O[C@@H](n3cnc4c(NC(C)=O)ncnc43)[C@H](OC(C)=O)[C@@H]2OC(C)=O)ccc1OC(C)=O. The normalized spacial score (nSPS) is 21.3. The van der Waals surface area contributed by atoms with Crippen LogP contribution in [0.2, 0.25) is 0 Å². The van der Waals surface area contributed by atoms with E-state index in [4.69, 9.17) is 65.7 Å². The van der Waals surface area contributed by atoms with Gasteiger partial charge in [0.25, 0.3) is 0 Å². The number of ether oxygens (including phenoxy) is 11. The minimum Gasteiger partial charge on any atom is -0.493 e. The number of Topliss-reactive ketones (excluding diaryl/α,β-unsaturated/α-hetero) is 1. The van der Waals surface area contributed by atoms with Gasteiger partial charge in [-0.1, -0.05) is 12.1 Å². The minimum atomic E-state index is -4.88. The molecule has 0 spiro atoms. The molecule has 1 saturated heterocycles. The topological polar surface area (TPSA) is 362 Å². The van der Waals surface area contributed by atoms with Crippen molar-refractivity contribution < 1.29 is 109 Å². The molecule has 3 aliphatic rings. The zero-order valence-corrected chi connectivity index (χ0v) is 45.7. The number of hydrogen-bond acceptors (Lipinski definition) is 27. The summed E-state index contributed by atoms with van der Waals surface area (Å²) in [5.74, 6) is -6.56. The van der Waals surface area contributed by atoms with Gasteiger partial charge in [-0.25, -0.2) is 19.5 Å². The third-order valence-corrected chi connectivity index (χ3v) is 13.3. The molecule has 1 N–H and O–H groups in total. The summed E-state index contributed by atoms with van der Waals surface area (Å²) in [6.45, 7) is 6.00. The summed E-state index contributed by atoms with van der Waals surface area (Å²) in [6.07, 6.45) is -9.18. The van der Waals surface area contributed by atoms with Gasteiger partial charge in [-0.3, -0.25) is 56.5 Å². The summed E-state index contributed by atoms with van der Waals surface area (Å²) in [4.78, 5) is 113. The number of benzene rings is 3. The van der Waals surface area contributed by atoms with E-state index >= 15 is 0 Å². The van der Waals surface area contributed by atoms with Crippen LogP contribution in [-0.4, -0.2) is 124 Å². The second-order valence-electron chi connectivity index (χ2n) is 18.0. The van der Waals surface area contributed by atoms with Gasteiger partial charge in [-0.05, 0) is 24.3 Å². The van der Waals surface area contributed by atoms with Gasteiger partial charge in [-0.15, -0.1) is 0 Å². The smallest absolute Gasteiger partial charge is 0.475 e. The van der Waals surface area contributed by atoms with Crippen molar-refractivity contribution in [2.45, 2.75) is 104 Å². The molecule has 3 aliphatic heterocycles. The Labute approximate surface area is 464 Å². The number of carbonyl (C=O) groups is 8. The van der Waals surface area contributed by atoms with Crippen LogP contribution in [0.1, 0.15) is 94.8 Å². The Morgan fingerprint density at radius 3 is 1.98 bits per heavy atom. The van der Waals surface area contributed by atoms with E-state index in [1.807, 2.05) is 6.07 Å². The van der Waals surface area contributed by atoms with Crippen LogP contribution in [0.15, 0.2) is 61.2 Å². The van der Waals surface area contributed by atoms with Crippen LogP contribution < -0.4 is 38.5 Å². The lowest BCUT2D eigenvalue weighted by atomic mass is 9.92. The molecule has 9 atom stereocenters. The summed E-state index contributed by atoms with van der Waals surface area (Å²) >= 11 is 0. The summed E-state index contributed by atoms with van der Waals surface area (Å²) in [6, 6.07) is 12.9. The van der Waals surface area contributed by atoms with Crippen molar-refractivity contribution in [3.05, 3.63) is 77.9 Å². The van der Waals surface area contributed by atoms with Gasteiger partial charge in [0.15, 0.2) is 76.7 Å². The number of phosphoric acid groups is 1. The maximum Gasteiger partial charge on any atom is 0.475 e. The van der Waals surface area contributed by atoms with E-state index in [0.717, 1.165) is 47.0 Å². The number of nitrogens with one attached hydrogen (secondary N) is 1. The highest BCUT2D eigenvalue weighted by molar-refractivity contribution is 7.48. The first-order valence-electron chi connectivity index (χ1n) is 24.7. The lowest BCUT2D eigenvalue weighted by molar-refractivity contribution is -0.165. The van der Waals surface area contributed by atoms with Crippen LogP contribution in [0.3, 0.4) is 0 Å². The number of fused-ring (bicyclic) bond motifs is 3. The van der Waals surface area contributed by atoms with Crippen molar-refractivity contribution in [2.24, 2.45) is 0 Å². The number of esters is 6. The number of methoxy groups -OCH3 is 1. The Hall–Kier alpha value is -9.07. The predicted molar refractivity (Wildman–Crippen MR) is 271 cm³/mol. The molecule has 3 aromatic carbocycles. The molecule has 2 aromatic heterocycles. The van der Waals surface area contributed by atoms with E-state index in [9.17, 15) is 48.2 Å². The number of anilines is 1. The standard InChI is InChI=1S/C52H51N6O23P/c1-24(59)57-50-43-51(55-22-54-50)58(23-56-43)52-49(77-30(7)65)47(75-28(5)63)41(81-52)21-71-82(67,69-15-9-14-53)70-20-40-45(31-10-12-34(73-26(3)61)36(16-31)68-8)79-37-17-32(11-13-35(37)78-40)46-48(76-29(6)64)44(66)42-38(74-27(4)62)18-33(72-25(2)60)19-39(42)80-46/h10-13,16-19,22-23,40-41,45-49,52H,9,15,20-21H2,1-8H3,(H,54,55,57,59)/t40?,41-,45?,46-,47-,48+,49-,52-,82?/m1/s1. The fourth-order valence-electron chi connectivity index (χ4n) is 8.87. The number of hydrogen-bond donors (Lipinski definition) is 1. The highest BCUT2D eigenvalue weighted by Crippen LogP contribution is 2.53. The Morgan fingerprint density at radius 2 is 1.32 bits per heavy atom. The first-order chi connectivity index (χ1) is 39.0. The monoisotopic (exact) mass is 1160 g/mol. The van der Waals surface area contributed by atoms with E-state index < -0.39 is 124 Å². The summed E-state index contributed by atoms with van der Waals surface area (Å²) in [5, 5.41) is 12.0. The van der Waals surface area contributed by atoms with Crippen molar-refractivity contribution in [3.8, 4) is 46.3 Å². The molecule has 30 heteroatoms. The van der Waals surface area contributed by atoms with E-state index in [2.05, 4.69) is 20.3 Å². The molecule has 3 unspecified atom stereocenters. The van der Waals surface area contributed by atoms with Crippen LogP contribution in [0.25, 0.3) is 11.2 Å². The zero-order valence-electron chi connectivity index (χ0n) is 44.8. The molecule has 5 heterocycles. The second kappa shape index (κ2) is 25.2. The summed E-state index contributed by atoms with van der Waals surface area (Å²) in [5.41, 5.74) is 0.389. The van der Waals surface area contributed by atoms with E-state index in [-0.39, 0.29) is 80.3 Å². The molecule has 0 aliphatic carbocycles. The van der Waals surface area contributed by atoms with E-state index in [0.29, 0.717) is 0 Å². The Morgan fingerprint density at radius 1 is 0.671 bits per heavy atom. The van der Waals surface area contributed by atoms with Gasteiger partial charge in [0.1, 0.15) is 35.2 Å². The van der Waals surface area contributed by atoms with E-state index in [1.54, 1.807) is 0 Å². The quantitative estimate of drug-likeness (QED) is 0.0342. The van der Waals surface area contributed by atoms with Crippen LogP contribution >= 0.6 is 7.82 Å². The zero-order chi connectivity index (χ0) is 59.2. The molecule has 0 saturated carbocycles. The highest BCUT2D eigenvalue weighted by atomic mass is 31.2. The van der Waals surface area contributed by atoms with Crippen molar-refractivity contribution in [3.63, 3.8) is 0 Å². The van der Waals surface area contributed by atoms with Crippen LogP contribution in [0.4, 0.5) is 5.82 Å². The Balaban J connectivity index is 1.12. The van der Waals surface area contributed by atoms with E-state index in [1.165, 1.54) is 74.3 Å². The first kappa shape index (κ1) is 59.1. The molecule has 29 nitrogen and oxygen atoms in total. The Kier molecular flexibility index (Phi) is 18.1. The summed E-state index contributed by atoms with van der Waals surface area (Å²) in [7, 11) is -3.56. The number of ketones is 1. The van der Waals surface area contributed by atoms with Gasteiger partial charge < -0.3 is 57.4 Å². The molecule has 432 valence electrons. The molecule has 1 fully saturated rings. The summed E-state index contributed by atoms with van der Waals surface area (Å²) < 4.78 is 97.6. The van der Waals surface area contributed by atoms with Crippen LogP contribution in [0.5, 0.6) is 40.2 Å². The van der Waals surface area contributed by atoms with Crippen molar-refractivity contribution in [2.75, 3.05) is 32.2 Å². The highest BCUT2D eigenvalue weighted by Gasteiger charge is 2.52. The molecule has 5 aromatic rings. The largest absolute Gasteiger partial charge is 0.493 e. The van der Waals surface area contributed by atoms with Gasteiger partial charge in [0.05, 0.1) is 45.7 Å². The van der Waals surface area contributed by atoms with Crippen molar-refractivity contribution in [1.82, 2.24) is 19.5 Å². The molecule has 0 radical (unpaired) electrons. The Bertz CT molecular complexity index is 3450. The molecule has 8 rings (SSSR count). The number of phosphoric ester groups is 1. The first-order valence-corrected chi connectivity index (χ1v) is 26.1. The van der Waals surface area contributed by atoms with Crippen molar-refractivity contribution >= 4 is 72.3 Å². The lowest BCUT2D eigenvalue weighted by Crippen LogP contribution is -2.40. The van der Waals surface area contributed by atoms with Crippen LogP contribution in [-0.2, 0) is 70.6 Å². The van der Waals surface area contributed by atoms with Gasteiger partial charge >= 0.3 is 43.6 Å². The minimum absolute atomic E-state index is 0.000532. The average Bonchev–Trinajstić information content (AvgIpc) is 2.62. The number of imidazole rings is 1. The third-order valence-electron chi connectivity index (χ3n) is 11.9. The van der Waals surface area contributed by atoms with Gasteiger partial charge in [0, 0.05) is 71.7 Å². The van der Waals surface area contributed by atoms with Gasteiger partial charge in [0.2, 0.25) is 17.8 Å². The fraction of sp³-hybridized carbons (Fsp3) is 0.385. The number of aromatic nitrogens is 4. The van der Waals surface area contributed by atoms with Crippen molar-refractivity contribution in [1.29, 1.82) is 5.26 Å². The molecular weight excluding hydrogens is 1110 g/mol. The third kappa shape index (κ3) is 13.6. The second-order valence-corrected chi connectivity index (χ2v) is 19.7. The molecule has 1 amide bonds. The number of nitrogens with zero attached hydrogens (tertiary/aromatic N) is 5. The predicted octanol–water partition coefficient (Wildman–Crippen LogP) is 5.23. The average molecular weight is 1160 g/mol. The molecular formula is C52H51N6O23P. The molecule has 82 heavy (non-hydrogen) atoms. The molecule has 0 bridgehead atoms. The number of amides is 1. The lowest BCUT2D eigenvalue weighted by Gasteiger charge is -2.36. The number of carbonyl (C=O) groups excluding carboxylic acids is 8. The maximum atomic E-state index is 14.8. The van der Waals surface area contributed by atoms with Crippen LogP contribution in [0, 0.1) is 11.3 Å². The fourth-order valence-corrected chi connectivity index (χ4v) is 10.1. The van der Waals surface area contributed by atoms with Gasteiger partial charge in [-0.2, -0.15) is 5.26 Å². The number of nitriles is 1. The maximum absolute atomic E-state index is 14.8.